The third-order valence-corrected chi connectivity index (χ3v) is 3.56. The summed E-state index contributed by atoms with van der Waals surface area (Å²) in [5.41, 5.74) is 1.08. The number of rotatable bonds is 3. The number of alkyl halides is 3. The molecule has 1 N–H and O–H groups in total. The minimum absolute atomic E-state index is 0.195. The number of fused-ring (bicyclic) bond motifs is 1. The summed E-state index contributed by atoms with van der Waals surface area (Å²) in [6.45, 7) is -0.214. The van der Waals surface area contributed by atoms with Gasteiger partial charge in [-0.1, -0.05) is 24.3 Å². The van der Waals surface area contributed by atoms with Crippen molar-refractivity contribution in [2.45, 2.75) is 12.8 Å². The second-order valence-corrected chi connectivity index (χ2v) is 4.93. The van der Waals surface area contributed by atoms with Crippen LogP contribution in [0.2, 0.25) is 0 Å². The molecule has 2 heterocycles. The van der Waals surface area contributed by atoms with Crippen molar-refractivity contribution in [3.63, 3.8) is 0 Å². The number of pyridine rings is 1. The Labute approximate surface area is 129 Å². The third-order valence-electron chi connectivity index (χ3n) is 3.56. The van der Waals surface area contributed by atoms with Gasteiger partial charge in [0.2, 0.25) is 5.88 Å². The fourth-order valence-electron chi connectivity index (χ4n) is 2.49. The summed E-state index contributed by atoms with van der Waals surface area (Å²) in [5.74, 6) is 0.195. The lowest BCUT2D eigenvalue weighted by Gasteiger charge is -2.11. The molecule has 7 heteroatoms. The van der Waals surface area contributed by atoms with E-state index in [1.54, 1.807) is 36.4 Å². The highest BCUT2D eigenvalue weighted by atomic mass is 19.4. The zero-order valence-corrected chi connectivity index (χ0v) is 12.1. The standard InChI is InChI=1S/C16H13F3N2O2/c1-23-15-7-6-12(11-5-3-2-4-10(11)9-22)13-8-14(16(17,18)19)20-21(13)15/h2-8,22H,9H2,1H3. The first-order valence-electron chi connectivity index (χ1n) is 6.79. The molecule has 0 radical (unpaired) electrons. The highest BCUT2D eigenvalue weighted by Crippen LogP contribution is 2.35. The Bertz CT molecular complexity index is 856. The SMILES string of the molecule is COc1ccc(-c2ccccc2CO)c2cc(C(F)(F)F)nn12. The van der Waals surface area contributed by atoms with E-state index in [4.69, 9.17) is 4.74 Å². The lowest BCUT2D eigenvalue weighted by molar-refractivity contribution is -0.141. The molecule has 0 atom stereocenters. The Hall–Kier alpha value is -2.54. The number of aliphatic hydroxyl groups excluding tert-OH is 1. The average molecular weight is 322 g/mol. The smallest absolute Gasteiger partial charge is 0.435 e. The number of hydrogen-bond acceptors (Lipinski definition) is 3. The summed E-state index contributed by atoms with van der Waals surface area (Å²) in [4.78, 5) is 0. The highest BCUT2D eigenvalue weighted by molar-refractivity contribution is 5.83. The molecule has 120 valence electrons. The van der Waals surface area contributed by atoms with Crippen molar-refractivity contribution in [2.24, 2.45) is 0 Å². The van der Waals surface area contributed by atoms with E-state index in [0.29, 0.717) is 16.7 Å². The number of ether oxygens (including phenoxy) is 1. The quantitative estimate of drug-likeness (QED) is 0.802. The number of benzene rings is 1. The molecule has 3 rings (SSSR count). The highest BCUT2D eigenvalue weighted by Gasteiger charge is 2.35. The van der Waals surface area contributed by atoms with Crippen molar-refractivity contribution in [3.8, 4) is 17.0 Å². The van der Waals surface area contributed by atoms with E-state index < -0.39 is 11.9 Å². The Morgan fingerprint density at radius 3 is 2.52 bits per heavy atom. The van der Waals surface area contributed by atoms with Crippen molar-refractivity contribution < 1.29 is 23.0 Å². The van der Waals surface area contributed by atoms with Crippen LogP contribution in [0.4, 0.5) is 13.2 Å². The molecule has 0 fully saturated rings. The monoisotopic (exact) mass is 322 g/mol. The van der Waals surface area contributed by atoms with Gasteiger partial charge in [-0.3, -0.25) is 0 Å². The fraction of sp³-hybridized carbons (Fsp3) is 0.188. The van der Waals surface area contributed by atoms with Crippen molar-refractivity contribution in [1.29, 1.82) is 0 Å². The van der Waals surface area contributed by atoms with Gasteiger partial charge < -0.3 is 9.84 Å². The molecule has 0 spiro atoms. The number of aromatic nitrogens is 2. The van der Waals surface area contributed by atoms with Crippen LogP contribution in [0, 0.1) is 0 Å². The second kappa shape index (κ2) is 5.58. The van der Waals surface area contributed by atoms with Crippen molar-refractivity contribution in [1.82, 2.24) is 9.61 Å². The topological polar surface area (TPSA) is 46.8 Å². The minimum atomic E-state index is -4.55. The van der Waals surface area contributed by atoms with Gasteiger partial charge in [0.1, 0.15) is 0 Å². The van der Waals surface area contributed by atoms with Crippen LogP contribution in [-0.4, -0.2) is 21.8 Å². The van der Waals surface area contributed by atoms with Gasteiger partial charge in [-0.15, -0.1) is 0 Å². The molecule has 1 aromatic carbocycles. The van der Waals surface area contributed by atoms with Crippen LogP contribution < -0.4 is 4.74 Å². The van der Waals surface area contributed by atoms with E-state index in [2.05, 4.69) is 5.10 Å². The van der Waals surface area contributed by atoms with Gasteiger partial charge >= 0.3 is 6.18 Å². The molecule has 0 amide bonds. The van der Waals surface area contributed by atoms with Crippen molar-refractivity contribution >= 4 is 5.52 Å². The summed E-state index contributed by atoms with van der Waals surface area (Å²) in [7, 11) is 1.37. The second-order valence-electron chi connectivity index (χ2n) is 4.93. The molecule has 3 aromatic rings. The number of halogens is 3. The normalized spacial score (nSPS) is 11.9. The summed E-state index contributed by atoms with van der Waals surface area (Å²) >= 11 is 0. The fourth-order valence-corrected chi connectivity index (χ4v) is 2.49. The van der Waals surface area contributed by atoms with Gasteiger partial charge in [-0.05, 0) is 23.3 Å². The summed E-state index contributed by atoms with van der Waals surface area (Å²) in [6, 6.07) is 11.2. The first kappa shape index (κ1) is 15.4. The van der Waals surface area contributed by atoms with E-state index in [9.17, 15) is 18.3 Å². The van der Waals surface area contributed by atoms with E-state index >= 15 is 0 Å². The zero-order valence-electron chi connectivity index (χ0n) is 12.1. The van der Waals surface area contributed by atoms with Gasteiger partial charge in [0, 0.05) is 11.6 Å². The Morgan fingerprint density at radius 2 is 1.87 bits per heavy atom. The lowest BCUT2D eigenvalue weighted by atomic mass is 10.00. The Balaban J connectivity index is 2.32. The first-order chi connectivity index (χ1) is 11.0. The van der Waals surface area contributed by atoms with Crippen molar-refractivity contribution in [3.05, 3.63) is 53.7 Å². The van der Waals surface area contributed by atoms with Crippen LogP contribution in [0.3, 0.4) is 0 Å². The molecule has 0 saturated heterocycles. The molecule has 4 nitrogen and oxygen atoms in total. The van der Waals surface area contributed by atoms with Gasteiger partial charge in [0.25, 0.3) is 0 Å². The Morgan fingerprint density at radius 1 is 1.13 bits per heavy atom. The molecule has 0 aliphatic carbocycles. The summed E-state index contributed by atoms with van der Waals surface area (Å²) in [5, 5.41) is 13.1. The maximum absolute atomic E-state index is 13.0. The van der Waals surface area contributed by atoms with Crippen LogP contribution in [0.25, 0.3) is 16.6 Å². The van der Waals surface area contributed by atoms with E-state index in [0.717, 1.165) is 10.6 Å². The molecule has 2 aromatic heterocycles. The summed E-state index contributed by atoms with van der Waals surface area (Å²) in [6.07, 6.45) is -4.55. The lowest BCUT2D eigenvalue weighted by Crippen LogP contribution is -2.06. The zero-order chi connectivity index (χ0) is 16.6. The van der Waals surface area contributed by atoms with E-state index in [1.165, 1.54) is 7.11 Å². The van der Waals surface area contributed by atoms with Gasteiger partial charge in [-0.2, -0.15) is 22.8 Å². The Kier molecular flexibility index (Phi) is 3.73. The average Bonchev–Trinajstić information content (AvgIpc) is 2.99. The molecular weight excluding hydrogens is 309 g/mol. The predicted octanol–water partition coefficient (Wildman–Crippen LogP) is 3.52. The summed E-state index contributed by atoms with van der Waals surface area (Å²) < 4.78 is 45.2. The van der Waals surface area contributed by atoms with Gasteiger partial charge in [0.15, 0.2) is 5.69 Å². The number of methoxy groups -OCH3 is 1. The number of aliphatic hydroxyl groups is 1. The predicted molar refractivity (Wildman–Crippen MR) is 78.1 cm³/mol. The molecule has 0 aliphatic heterocycles. The molecule has 0 unspecified atom stereocenters. The molecule has 0 saturated carbocycles. The molecule has 0 bridgehead atoms. The minimum Gasteiger partial charge on any atom is -0.481 e. The molecular formula is C16H13F3N2O2. The van der Waals surface area contributed by atoms with Crippen molar-refractivity contribution in [2.75, 3.05) is 7.11 Å². The maximum atomic E-state index is 13.0. The number of nitrogens with zero attached hydrogens (tertiary/aromatic N) is 2. The molecule has 0 aliphatic rings. The largest absolute Gasteiger partial charge is 0.481 e. The van der Waals surface area contributed by atoms with Gasteiger partial charge in [0.05, 0.1) is 19.2 Å². The van der Waals surface area contributed by atoms with Crippen LogP contribution in [0.1, 0.15) is 11.3 Å². The van der Waals surface area contributed by atoms with E-state index in [-0.39, 0.29) is 18.0 Å². The molecule has 23 heavy (non-hydrogen) atoms. The van der Waals surface area contributed by atoms with Crippen LogP contribution in [-0.2, 0) is 12.8 Å². The number of hydrogen-bond donors (Lipinski definition) is 1. The van der Waals surface area contributed by atoms with Crippen LogP contribution in [0.15, 0.2) is 42.5 Å². The van der Waals surface area contributed by atoms with Gasteiger partial charge in [-0.25, -0.2) is 0 Å². The first-order valence-corrected chi connectivity index (χ1v) is 6.79. The van der Waals surface area contributed by atoms with Crippen LogP contribution >= 0.6 is 0 Å². The maximum Gasteiger partial charge on any atom is 0.435 e. The van der Waals surface area contributed by atoms with E-state index in [1.807, 2.05) is 0 Å². The van der Waals surface area contributed by atoms with Crippen LogP contribution in [0.5, 0.6) is 5.88 Å². The third kappa shape index (κ3) is 2.63.